The summed E-state index contributed by atoms with van der Waals surface area (Å²) in [6.07, 6.45) is 3.14. The van der Waals surface area contributed by atoms with Gasteiger partial charge in [-0.3, -0.25) is 14.6 Å². The molecule has 2 aromatic carbocycles. The molecule has 14 heteroatoms. The van der Waals surface area contributed by atoms with Crippen LogP contribution in [0.15, 0.2) is 65.8 Å². The molecule has 0 unspecified atom stereocenters. The molecule has 0 saturated heterocycles. The summed E-state index contributed by atoms with van der Waals surface area (Å²) < 4.78 is 55.4. The molecular formula is C30H37ClN4O7S2. The normalized spacial score (nSPS) is 12.7. The van der Waals surface area contributed by atoms with Crippen molar-refractivity contribution in [2.75, 3.05) is 25.4 Å². The molecule has 0 saturated carbocycles. The summed E-state index contributed by atoms with van der Waals surface area (Å²) in [7, 11) is -7.82. The fourth-order valence-electron chi connectivity index (χ4n) is 4.63. The number of hydrogen-bond donors (Lipinski definition) is 3. The molecule has 0 fully saturated rings. The highest BCUT2D eigenvalue weighted by molar-refractivity contribution is 7.89. The molecule has 0 aliphatic heterocycles. The Bertz CT molecular complexity index is 1700. The van der Waals surface area contributed by atoms with Crippen LogP contribution in [0.3, 0.4) is 0 Å². The number of hydrogen-bond acceptors (Lipinski definition) is 7. The molecule has 0 aliphatic carbocycles. The van der Waals surface area contributed by atoms with E-state index in [1.807, 2.05) is 37.3 Å². The molecule has 1 aromatic heterocycles. The Hall–Kier alpha value is -3.36. The number of carbonyl (C=O) groups is 2. The van der Waals surface area contributed by atoms with Gasteiger partial charge in [0.2, 0.25) is 26.0 Å². The summed E-state index contributed by atoms with van der Waals surface area (Å²) in [5, 5.41) is 11.6. The molecule has 1 atom stereocenters. The third-order valence-corrected chi connectivity index (χ3v) is 11.0. The number of benzene rings is 2. The van der Waals surface area contributed by atoms with Gasteiger partial charge in [0.15, 0.2) is 0 Å². The summed E-state index contributed by atoms with van der Waals surface area (Å²) in [5.41, 5.74) is 4.08. The summed E-state index contributed by atoms with van der Waals surface area (Å²) >= 11 is 6.28. The number of carboxylic acid groups (broad SMARTS) is 1. The molecule has 1 amide bonds. The second kappa shape index (κ2) is 15.6. The van der Waals surface area contributed by atoms with E-state index in [0.717, 1.165) is 22.3 Å². The lowest BCUT2D eigenvalue weighted by atomic mass is 9.98. The minimum absolute atomic E-state index is 0.00468. The Balaban J connectivity index is 1.75. The molecular weight excluding hydrogens is 628 g/mol. The predicted octanol–water partition coefficient (Wildman–Crippen LogP) is 4.06. The first-order valence-corrected chi connectivity index (χ1v) is 17.4. The van der Waals surface area contributed by atoms with Gasteiger partial charge in [0.25, 0.3) is 0 Å². The first-order valence-electron chi connectivity index (χ1n) is 14.0. The highest BCUT2D eigenvalue weighted by Crippen LogP contribution is 2.33. The number of sulfonamides is 2. The number of rotatable bonds is 16. The average Bonchev–Trinajstić information content (AvgIpc) is 2.98. The summed E-state index contributed by atoms with van der Waals surface area (Å²) in [5.74, 6) is -2.17. The van der Waals surface area contributed by atoms with Gasteiger partial charge in [-0.15, -0.1) is 0 Å². The largest absolute Gasteiger partial charge is 0.481 e. The van der Waals surface area contributed by atoms with Crippen LogP contribution in [0.1, 0.15) is 48.9 Å². The Morgan fingerprint density at radius 2 is 1.75 bits per heavy atom. The van der Waals surface area contributed by atoms with Gasteiger partial charge in [0, 0.05) is 49.5 Å². The van der Waals surface area contributed by atoms with Crippen molar-refractivity contribution in [2.24, 2.45) is 0 Å². The van der Waals surface area contributed by atoms with Gasteiger partial charge >= 0.3 is 5.97 Å². The Kier molecular flexibility index (Phi) is 12.4. The van der Waals surface area contributed by atoms with Crippen LogP contribution < -0.4 is 10.0 Å². The minimum Gasteiger partial charge on any atom is -0.481 e. The van der Waals surface area contributed by atoms with E-state index < -0.39 is 44.2 Å². The van der Waals surface area contributed by atoms with Crippen molar-refractivity contribution in [3.63, 3.8) is 0 Å². The van der Waals surface area contributed by atoms with Crippen LogP contribution in [0.25, 0.3) is 11.1 Å². The van der Waals surface area contributed by atoms with E-state index in [2.05, 4.69) is 15.0 Å². The fourth-order valence-corrected chi connectivity index (χ4v) is 7.77. The molecule has 11 nitrogen and oxygen atoms in total. The zero-order valence-electron chi connectivity index (χ0n) is 24.8. The van der Waals surface area contributed by atoms with Crippen LogP contribution in [-0.2, 0) is 29.6 Å². The van der Waals surface area contributed by atoms with Crippen molar-refractivity contribution in [1.29, 1.82) is 0 Å². The van der Waals surface area contributed by atoms with Gasteiger partial charge < -0.3 is 10.4 Å². The lowest BCUT2D eigenvalue weighted by molar-refractivity contribution is -0.136. The van der Waals surface area contributed by atoms with E-state index in [0.29, 0.717) is 10.6 Å². The van der Waals surface area contributed by atoms with E-state index in [1.165, 1.54) is 10.4 Å². The summed E-state index contributed by atoms with van der Waals surface area (Å²) in [4.78, 5) is 27.3. The molecule has 0 bridgehead atoms. The lowest BCUT2D eigenvalue weighted by Gasteiger charge is -2.30. The summed E-state index contributed by atoms with van der Waals surface area (Å²) in [6.45, 7) is 5.32. The standard InChI is InChI=1S/C30H37ClN4O7S2/c1-21-20-32-14-12-26(21)25-8-4-7-24(19-25)23(3)35(44(41,42)28-10-5-9-27(31)22(28)2)17-6-11-29(36)33-15-16-34-43(39,40)18-13-30(37)38/h4-5,7-10,12,14,19-20,23,34H,6,11,13,15-18H2,1-3H3,(H,33,36)(H,37,38)/t23-/m0/s1. The second-order valence-electron chi connectivity index (χ2n) is 10.3. The maximum absolute atomic E-state index is 14.1. The monoisotopic (exact) mass is 664 g/mol. The zero-order valence-corrected chi connectivity index (χ0v) is 27.2. The van der Waals surface area contributed by atoms with Gasteiger partial charge in [-0.25, -0.2) is 21.6 Å². The van der Waals surface area contributed by atoms with E-state index in [1.54, 1.807) is 38.4 Å². The molecule has 44 heavy (non-hydrogen) atoms. The van der Waals surface area contributed by atoms with E-state index >= 15 is 0 Å². The number of aliphatic carboxylic acids is 1. The highest BCUT2D eigenvalue weighted by Gasteiger charge is 2.31. The van der Waals surface area contributed by atoms with Crippen molar-refractivity contribution in [3.8, 4) is 11.1 Å². The minimum atomic E-state index is -4.05. The summed E-state index contributed by atoms with van der Waals surface area (Å²) in [6, 6.07) is 13.7. The molecule has 0 spiro atoms. The van der Waals surface area contributed by atoms with Crippen LogP contribution in [0.2, 0.25) is 5.02 Å². The Morgan fingerprint density at radius 1 is 1.02 bits per heavy atom. The zero-order chi connectivity index (χ0) is 32.5. The number of aryl methyl sites for hydroxylation is 1. The van der Waals surface area contributed by atoms with Crippen molar-refractivity contribution in [3.05, 3.63) is 82.6 Å². The SMILES string of the molecule is Cc1cnccc1-c1cccc([C@H](C)N(CCCC(=O)NCCNS(=O)(=O)CCC(=O)O)S(=O)(=O)c2cccc(Cl)c2C)c1. The van der Waals surface area contributed by atoms with Crippen molar-refractivity contribution < 1.29 is 31.5 Å². The third kappa shape index (κ3) is 9.57. The Morgan fingerprint density at radius 3 is 2.45 bits per heavy atom. The maximum Gasteiger partial charge on any atom is 0.304 e. The number of nitrogens with zero attached hydrogens (tertiary/aromatic N) is 2. The first kappa shape index (κ1) is 35.1. The van der Waals surface area contributed by atoms with Crippen molar-refractivity contribution in [1.82, 2.24) is 19.3 Å². The quantitative estimate of drug-likeness (QED) is 0.193. The fraction of sp³-hybridized carbons (Fsp3) is 0.367. The van der Waals surface area contributed by atoms with Crippen LogP contribution in [0.5, 0.6) is 0 Å². The smallest absolute Gasteiger partial charge is 0.304 e. The van der Waals surface area contributed by atoms with Gasteiger partial charge in [-0.05, 0) is 79.3 Å². The molecule has 3 N–H and O–H groups in total. The third-order valence-electron chi connectivity index (χ3n) is 7.07. The topological polar surface area (TPSA) is 163 Å². The Labute approximate surface area is 263 Å². The predicted molar refractivity (Wildman–Crippen MR) is 169 cm³/mol. The molecule has 0 radical (unpaired) electrons. The van der Waals surface area contributed by atoms with Crippen LogP contribution >= 0.6 is 11.6 Å². The molecule has 3 aromatic rings. The second-order valence-corrected chi connectivity index (χ2v) is 14.5. The number of carbonyl (C=O) groups excluding carboxylic acids is 1. The average molecular weight is 665 g/mol. The first-order chi connectivity index (χ1) is 20.7. The van der Waals surface area contributed by atoms with Gasteiger partial charge in [0.05, 0.1) is 17.1 Å². The lowest BCUT2D eigenvalue weighted by Crippen LogP contribution is -2.37. The van der Waals surface area contributed by atoms with E-state index in [9.17, 15) is 26.4 Å². The van der Waals surface area contributed by atoms with Crippen LogP contribution in [0.4, 0.5) is 0 Å². The number of aromatic nitrogens is 1. The van der Waals surface area contributed by atoms with Gasteiger partial charge in [-0.1, -0.05) is 35.9 Å². The molecule has 3 rings (SSSR count). The number of amides is 1. The van der Waals surface area contributed by atoms with Crippen molar-refractivity contribution in [2.45, 2.75) is 51.0 Å². The van der Waals surface area contributed by atoms with E-state index in [4.69, 9.17) is 16.7 Å². The maximum atomic E-state index is 14.1. The number of halogens is 1. The molecule has 238 valence electrons. The number of pyridine rings is 1. The van der Waals surface area contributed by atoms with E-state index in [-0.39, 0.29) is 43.3 Å². The number of carboxylic acids is 1. The van der Waals surface area contributed by atoms with Crippen LogP contribution in [0, 0.1) is 13.8 Å². The van der Waals surface area contributed by atoms with Gasteiger partial charge in [0.1, 0.15) is 0 Å². The van der Waals surface area contributed by atoms with Crippen molar-refractivity contribution >= 4 is 43.5 Å². The number of nitrogens with one attached hydrogen (secondary N) is 2. The highest BCUT2D eigenvalue weighted by atomic mass is 35.5. The van der Waals surface area contributed by atoms with Crippen LogP contribution in [-0.4, -0.2) is 68.5 Å². The van der Waals surface area contributed by atoms with Gasteiger partial charge in [-0.2, -0.15) is 4.31 Å². The molecule has 0 aliphatic rings. The molecule has 1 heterocycles.